The molecule has 0 saturated heterocycles. The lowest BCUT2D eigenvalue weighted by Crippen LogP contribution is -2.30. The fraction of sp³-hybridized carbons (Fsp3) is 1.00. The van der Waals surface area contributed by atoms with E-state index in [4.69, 9.17) is 0 Å². The first-order chi connectivity index (χ1) is 5.87. The molecule has 1 atom stereocenters. The van der Waals surface area contributed by atoms with E-state index in [2.05, 4.69) is 19.2 Å². The Balaban J connectivity index is 3.74. The Morgan fingerprint density at radius 3 is 2.15 bits per heavy atom. The van der Waals surface area contributed by atoms with Gasteiger partial charge >= 0.3 is 0 Å². The monoisotopic (exact) mass is 207 g/mol. The van der Waals surface area contributed by atoms with Gasteiger partial charge in [-0.3, -0.25) is 0 Å². The molecule has 0 radical (unpaired) electrons. The van der Waals surface area contributed by atoms with Gasteiger partial charge in [0.1, 0.15) is 9.84 Å². The summed E-state index contributed by atoms with van der Waals surface area (Å²) in [6, 6.07) is 0.432. The summed E-state index contributed by atoms with van der Waals surface area (Å²) in [6.45, 7) is 4.28. The van der Waals surface area contributed by atoms with Crippen LogP contribution >= 0.6 is 0 Å². The maximum Gasteiger partial charge on any atom is 0.147 e. The summed E-state index contributed by atoms with van der Waals surface area (Å²) in [7, 11) is -0.860. The van der Waals surface area contributed by atoms with Crippen LogP contribution in [-0.4, -0.2) is 33.5 Å². The van der Waals surface area contributed by atoms with Crippen molar-refractivity contribution in [3.05, 3.63) is 0 Å². The highest BCUT2D eigenvalue weighted by atomic mass is 32.2. The van der Waals surface area contributed by atoms with E-state index in [-0.39, 0.29) is 0 Å². The van der Waals surface area contributed by atoms with Crippen molar-refractivity contribution < 1.29 is 8.42 Å². The second kappa shape index (κ2) is 5.60. The molecule has 0 aromatic rings. The Morgan fingerprint density at radius 2 is 1.85 bits per heavy atom. The van der Waals surface area contributed by atoms with Gasteiger partial charge in [0.15, 0.2) is 0 Å². The summed E-state index contributed by atoms with van der Waals surface area (Å²) < 4.78 is 21.7. The second-order valence-electron chi connectivity index (χ2n) is 3.91. The number of hydrogen-bond acceptors (Lipinski definition) is 3. The zero-order valence-electron chi connectivity index (χ0n) is 9.00. The van der Waals surface area contributed by atoms with Gasteiger partial charge in [0.05, 0.1) is 0 Å². The second-order valence-corrected chi connectivity index (χ2v) is 6.17. The van der Waals surface area contributed by atoms with Crippen molar-refractivity contribution in [2.75, 3.05) is 19.1 Å². The standard InChI is InChI=1S/C9H21NO2S/c1-8(2)9(10-3)6-5-7-13(4,11)12/h8-10H,5-7H2,1-4H3. The minimum Gasteiger partial charge on any atom is -0.317 e. The minimum atomic E-state index is -2.78. The molecule has 0 saturated carbocycles. The van der Waals surface area contributed by atoms with E-state index in [1.807, 2.05) is 7.05 Å². The largest absolute Gasteiger partial charge is 0.317 e. The average molecular weight is 207 g/mol. The normalized spacial score (nSPS) is 14.8. The van der Waals surface area contributed by atoms with Crippen LogP contribution in [0.1, 0.15) is 26.7 Å². The molecule has 0 bridgehead atoms. The molecule has 0 rings (SSSR count). The van der Waals surface area contributed by atoms with Crippen molar-refractivity contribution in [1.82, 2.24) is 5.32 Å². The van der Waals surface area contributed by atoms with Gasteiger partial charge in [-0.25, -0.2) is 8.42 Å². The lowest BCUT2D eigenvalue weighted by Gasteiger charge is -2.19. The van der Waals surface area contributed by atoms with Crippen LogP contribution in [-0.2, 0) is 9.84 Å². The van der Waals surface area contributed by atoms with Crippen molar-refractivity contribution in [2.45, 2.75) is 32.7 Å². The topological polar surface area (TPSA) is 46.2 Å². The van der Waals surface area contributed by atoms with Gasteiger partial charge in [0, 0.05) is 18.1 Å². The van der Waals surface area contributed by atoms with Crippen LogP contribution in [0.25, 0.3) is 0 Å². The Bertz CT molecular complexity index is 222. The van der Waals surface area contributed by atoms with Gasteiger partial charge in [-0.2, -0.15) is 0 Å². The minimum absolute atomic E-state index is 0.303. The molecular weight excluding hydrogens is 186 g/mol. The van der Waals surface area contributed by atoms with Crippen molar-refractivity contribution in [2.24, 2.45) is 5.92 Å². The number of rotatable bonds is 6. The number of sulfone groups is 1. The van der Waals surface area contributed by atoms with E-state index in [1.165, 1.54) is 6.26 Å². The van der Waals surface area contributed by atoms with Gasteiger partial charge in [-0.1, -0.05) is 13.8 Å². The van der Waals surface area contributed by atoms with Crippen LogP contribution in [0.4, 0.5) is 0 Å². The van der Waals surface area contributed by atoms with E-state index in [0.29, 0.717) is 17.7 Å². The van der Waals surface area contributed by atoms with Crippen molar-refractivity contribution in [3.8, 4) is 0 Å². The molecule has 3 nitrogen and oxygen atoms in total. The van der Waals surface area contributed by atoms with Gasteiger partial charge < -0.3 is 5.32 Å². The Labute approximate surface area is 81.8 Å². The molecule has 0 aliphatic rings. The summed E-state index contributed by atoms with van der Waals surface area (Å²) >= 11 is 0. The van der Waals surface area contributed by atoms with Crippen LogP contribution in [0.2, 0.25) is 0 Å². The molecule has 0 spiro atoms. The number of nitrogens with one attached hydrogen (secondary N) is 1. The van der Waals surface area contributed by atoms with Gasteiger partial charge in [0.25, 0.3) is 0 Å². The van der Waals surface area contributed by atoms with E-state index in [1.54, 1.807) is 0 Å². The first kappa shape index (κ1) is 12.9. The third kappa shape index (κ3) is 7.02. The highest BCUT2D eigenvalue weighted by molar-refractivity contribution is 7.90. The van der Waals surface area contributed by atoms with Crippen molar-refractivity contribution >= 4 is 9.84 Å². The average Bonchev–Trinajstić information content (AvgIpc) is 1.95. The summed E-state index contributed by atoms with van der Waals surface area (Å²) in [5, 5.41) is 3.19. The van der Waals surface area contributed by atoms with Crippen molar-refractivity contribution in [1.29, 1.82) is 0 Å². The molecule has 1 N–H and O–H groups in total. The lowest BCUT2D eigenvalue weighted by atomic mass is 10.0. The third-order valence-electron chi connectivity index (χ3n) is 2.21. The zero-order valence-corrected chi connectivity index (χ0v) is 9.82. The fourth-order valence-corrected chi connectivity index (χ4v) is 2.07. The van der Waals surface area contributed by atoms with Crippen LogP contribution in [0, 0.1) is 5.92 Å². The van der Waals surface area contributed by atoms with Gasteiger partial charge in [-0.15, -0.1) is 0 Å². The van der Waals surface area contributed by atoms with E-state index < -0.39 is 9.84 Å². The first-order valence-corrected chi connectivity index (χ1v) is 6.78. The SMILES string of the molecule is CNC(CCCS(C)(=O)=O)C(C)C. The lowest BCUT2D eigenvalue weighted by molar-refractivity contribution is 0.399. The third-order valence-corrected chi connectivity index (χ3v) is 3.24. The van der Waals surface area contributed by atoms with E-state index >= 15 is 0 Å². The molecule has 0 fully saturated rings. The Kier molecular flexibility index (Phi) is 5.56. The molecule has 80 valence electrons. The molecule has 1 unspecified atom stereocenters. The zero-order chi connectivity index (χ0) is 10.5. The quantitative estimate of drug-likeness (QED) is 0.708. The predicted molar refractivity (Wildman–Crippen MR) is 56.6 cm³/mol. The molecule has 0 heterocycles. The van der Waals surface area contributed by atoms with E-state index in [9.17, 15) is 8.42 Å². The maximum atomic E-state index is 10.9. The van der Waals surface area contributed by atoms with Crippen LogP contribution in [0.3, 0.4) is 0 Å². The summed E-state index contributed by atoms with van der Waals surface area (Å²) in [5.74, 6) is 0.863. The van der Waals surface area contributed by atoms with Crippen LogP contribution < -0.4 is 5.32 Å². The molecule has 13 heavy (non-hydrogen) atoms. The summed E-state index contributed by atoms with van der Waals surface area (Å²) in [6.07, 6.45) is 2.97. The molecule has 0 aliphatic heterocycles. The molecule has 4 heteroatoms. The van der Waals surface area contributed by atoms with Crippen LogP contribution in [0.5, 0.6) is 0 Å². The van der Waals surface area contributed by atoms with Crippen molar-refractivity contribution in [3.63, 3.8) is 0 Å². The summed E-state index contributed by atoms with van der Waals surface area (Å²) in [4.78, 5) is 0. The predicted octanol–water partition coefficient (Wildman–Crippen LogP) is 1.06. The molecule has 0 amide bonds. The number of hydrogen-bond donors (Lipinski definition) is 1. The fourth-order valence-electron chi connectivity index (χ4n) is 1.38. The summed E-state index contributed by atoms with van der Waals surface area (Å²) in [5.41, 5.74) is 0. The van der Waals surface area contributed by atoms with Gasteiger partial charge in [-0.05, 0) is 25.8 Å². The maximum absolute atomic E-state index is 10.9. The highest BCUT2D eigenvalue weighted by Gasteiger charge is 2.11. The molecular formula is C9H21NO2S. The molecule has 0 aliphatic carbocycles. The Morgan fingerprint density at radius 1 is 1.31 bits per heavy atom. The molecule has 0 aromatic carbocycles. The highest BCUT2D eigenvalue weighted by Crippen LogP contribution is 2.08. The van der Waals surface area contributed by atoms with Gasteiger partial charge in [0.2, 0.25) is 0 Å². The van der Waals surface area contributed by atoms with E-state index in [0.717, 1.165) is 12.8 Å². The Hall–Kier alpha value is -0.0900. The van der Waals surface area contributed by atoms with Crippen LogP contribution in [0.15, 0.2) is 0 Å². The first-order valence-electron chi connectivity index (χ1n) is 4.72. The molecule has 0 aromatic heterocycles. The smallest absolute Gasteiger partial charge is 0.147 e.